The number of nitrogens with zero attached hydrogens (tertiary/aromatic N) is 8. The van der Waals surface area contributed by atoms with Gasteiger partial charge in [-0.2, -0.15) is 0 Å². The molecule has 0 radical (unpaired) electrons. The number of likely N-dealkylation sites (N-methyl/N-ethyl adjacent to an activating group) is 6. The van der Waals surface area contributed by atoms with Crippen LogP contribution in [0.5, 0.6) is 5.75 Å². The molecule has 560 valence electrons. The maximum atomic E-state index is 15.3. The van der Waals surface area contributed by atoms with Gasteiger partial charge in [0.2, 0.25) is 59.1 Å². The van der Waals surface area contributed by atoms with E-state index >= 15 is 28.8 Å². The van der Waals surface area contributed by atoms with Crippen molar-refractivity contribution < 1.29 is 71.8 Å². The Morgan fingerprint density at radius 1 is 0.505 bits per heavy atom. The predicted octanol–water partition coefficient (Wildman–Crippen LogP) is 3.95. The van der Waals surface area contributed by atoms with Crippen LogP contribution >= 0.6 is 0 Å². The molecule has 3 fully saturated rings. The third-order valence-electron chi connectivity index (χ3n) is 19.3. The van der Waals surface area contributed by atoms with Gasteiger partial charge >= 0.3 is 0 Å². The normalized spacial score (nSPS) is 27.6. The van der Waals surface area contributed by atoms with Gasteiger partial charge in [0.05, 0.1) is 25.9 Å². The molecular weight excluding hydrogens is 1270 g/mol. The Morgan fingerprint density at radius 2 is 1.03 bits per heavy atom. The van der Waals surface area contributed by atoms with E-state index in [1.165, 1.54) is 92.5 Å². The second-order valence-electron chi connectivity index (χ2n) is 29.4. The van der Waals surface area contributed by atoms with Crippen LogP contribution in [0.4, 0.5) is 0 Å². The minimum atomic E-state index is -1.39. The Bertz CT molecular complexity index is 2860. The Kier molecular flexibility index (Phi) is 33.5. The summed E-state index contributed by atoms with van der Waals surface area (Å²) in [4.78, 5) is 180. The summed E-state index contributed by atoms with van der Waals surface area (Å²) in [6.45, 7) is 31.9. The van der Waals surface area contributed by atoms with E-state index in [4.69, 9.17) is 19.0 Å². The van der Waals surface area contributed by atoms with E-state index in [1.54, 1.807) is 41.5 Å². The average molecular weight is 1400 g/mol. The highest BCUT2D eigenvalue weighted by Crippen LogP contribution is 2.34. The molecule has 0 aromatic heterocycles. The molecule has 0 spiro atoms. The molecule has 27 nitrogen and oxygen atoms in total. The number of hydrogen-bond acceptors (Lipinski definition) is 16. The van der Waals surface area contributed by atoms with Gasteiger partial charge in [-0.1, -0.05) is 101 Å². The number of carbonyl (C=O) groups excluding carboxylic acids is 11. The number of ether oxygens (including phenoxy) is 3. The lowest BCUT2D eigenvalue weighted by atomic mass is 9.90. The first kappa shape index (κ1) is 84.4. The van der Waals surface area contributed by atoms with E-state index in [9.17, 15) is 24.0 Å². The van der Waals surface area contributed by atoms with Crippen molar-refractivity contribution in [3.8, 4) is 5.75 Å². The zero-order chi connectivity index (χ0) is 74.6. The van der Waals surface area contributed by atoms with E-state index in [1.807, 2.05) is 78.8 Å². The second-order valence-corrected chi connectivity index (χ2v) is 29.4. The molecule has 0 unspecified atom stereocenters. The van der Waals surface area contributed by atoms with E-state index in [0.29, 0.717) is 31.8 Å². The van der Waals surface area contributed by atoms with Gasteiger partial charge in [0.25, 0.3) is 5.91 Å². The number of hydroxylamine groups is 2. The van der Waals surface area contributed by atoms with Gasteiger partial charge < -0.3 is 64.9 Å². The number of rotatable bonds is 21. The minimum Gasteiger partial charge on any atom is -0.494 e. The molecule has 3 aliphatic heterocycles. The summed E-state index contributed by atoms with van der Waals surface area (Å²) in [7, 11) is 8.64. The Morgan fingerprint density at radius 3 is 1.58 bits per heavy atom. The first-order valence-electron chi connectivity index (χ1n) is 35.8. The van der Waals surface area contributed by atoms with Crippen LogP contribution < -0.4 is 26.0 Å². The van der Waals surface area contributed by atoms with Gasteiger partial charge in [-0.25, -0.2) is 5.06 Å². The van der Waals surface area contributed by atoms with Crippen LogP contribution in [0.2, 0.25) is 0 Å². The fraction of sp³-hybridized carbons (Fsp3) is 0.764. The Balaban J connectivity index is 1.88. The summed E-state index contributed by atoms with van der Waals surface area (Å²) in [5.74, 6) is -8.95. The summed E-state index contributed by atoms with van der Waals surface area (Å²) in [5.41, 5.74) is 0. The molecule has 1 aromatic carbocycles. The molecule has 11 amide bonds. The van der Waals surface area contributed by atoms with Crippen molar-refractivity contribution in [3.63, 3.8) is 0 Å². The summed E-state index contributed by atoms with van der Waals surface area (Å²) < 4.78 is 17.9. The lowest BCUT2D eigenvalue weighted by Gasteiger charge is -2.50. The van der Waals surface area contributed by atoms with Crippen molar-refractivity contribution in [2.75, 3.05) is 88.3 Å². The van der Waals surface area contributed by atoms with Crippen molar-refractivity contribution in [2.45, 2.75) is 234 Å². The van der Waals surface area contributed by atoms with Gasteiger partial charge in [-0.15, -0.1) is 0 Å². The first-order valence-corrected chi connectivity index (χ1v) is 35.8. The quantitative estimate of drug-likeness (QED) is 0.127. The SMILES string of the molecule is CC[C@@H]1NC(=O)[C@@H]2[C@@H]([C@H](C)CCOc3ccccc3)ON2C(=O)[C@H](C(C)C)N(C)C(=O)[C@H](CC(C)C)N(C)C(=O)[C@H](CC(C)C)N(C)C(=O)[C@@H](C)NC(=O)[C@H](C)NC(=O)[C@H](CC(C)C)N(C)C(=O)[C@H](C(C)C)NC(=O)[C@H]([C@@H](C)OCCCCN2CCOCC2)N(C)C(=O)[C@@H](C)N(C)C1=O. The highest BCUT2D eigenvalue weighted by molar-refractivity contribution is 6.00. The highest BCUT2D eigenvalue weighted by Gasteiger charge is 2.55. The molecule has 99 heavy (non-hydrogen) atoms. The molecule has 4 rings (SSSR count). The topological polar surface area (TPSA) is 299 Å². The van der Waals surface area contributed by atoms with Crippen LogP contribution in [-0.4, -0.2) is 271 Å². The molecule has 0 saturated carbocycles. The van der Waals surface area contributed by atoms with Crippen molar-refractivity contribution in [2.24, 2.45) is 35.5 Å². The standard InChI is InChI=1S/C72H122N12O15/c1-23-53-68(91)77(17)50(15)67(90)82(22)59(51(16)97-35-28-27-32-83-33-37-96-38-34-83)64(87)76-57(45(8)9)71(94)78(18)54(39-42(2)3)63(86)73-48(13)62(85)74-49(14)66(89)79(19)55(40-43(4)5)69(92)80(20)56(41-44(6)7)70(93)81(21)58(46(10)11)72(95)84-60(65(88)75-53)61(99-84)47(12)31-36-98-52-29-25-24-26-30-52/h24-26,29-30,42-51,53-61H,23,27-28,31-41H2,1-22H3,(H,73,86)(H,74,85)(H,75,88)(H,76,87)/t47-,48+,49-,50-,51-,53+,54+,55+,56+,57+,58+,59+,60+,61-/m1/s1. The third kappa shape index (κ3) is 23.0. The van der Waals surface area contributed by atoms with Crippen LogP contribution in [0.15, 0.2) is 30.3 Å². The Hall–Kier alpha value is -6.97. The molecule has 14 atom stereocenters. The first-order chi connectivity index (χ1) is 46.4. The minimum absolute atomic E-state index is 0.0306. The molecule has 3 aliphatic rings. The Labute approximate surface area is 589 Å². The molecule has 27 heteroatoms. The summed E-state index contributed by atoms with van der Waals surface area (Å²) in [5, 5.41) is 12.2. The van der Waals surface area contributed by atoms with Gasteiger partial charge in [0, 0.05) is 62.0 Å². The molecule has 1 aromatic rings. The van der Waals surface area contributed by atoms with Crippen molar-refractivity contribution in [1.29, 1.82) is 0 Å². The number of unbranched alkanes of at least 4 members (excludes halogenated alkanes) is 1. The lowest BCUT2D eigenvalue weighted by Crippen LogP contribution is -2.72. The largest absolute Gasteiger partial charge is 0.494 e. The molecule has 3 saturated heterocycles. The van der Waals surface area contributed by atoms with Crippen LogP contribution in [0.25, 0.3) is 0 Å². The van der Waals surface area contributed by atoms with Gasteiger partial charge in [-0.05, 0) is 127 Å². The number of hydrogen-bond donors (Lipinski definition) is 4. The van der Waals surface area contributed by atoms with E-state index in [-0.39, 0.29) is 56.7 Å². The third-order valence-corrected chi connectivity index (χ3v) is 19.3. The number of nitrogens with one attached hydrogen (secondary N) is 4. The predicted molar refractivity (Wildman–Crippen MR) is 376 cm³/mol. The number of para-hydroxylation sites is 1. The van der Waals surface area contributed by atoms with Crippen LogP contribution in [0.1, 0.15) is 156 Å². The summed E-state index contributed by atoms with van der Waals surface area (Å²) >= 11 is 0. The van der Waals surface area contributed by atoms with Crippen molar-refractivity contribution >= 4 is 65.0 Å². The van der Waals surface area contributed by atoms with E-state index in [2.05, 4.69) is 26.2 Å². The van der Waals surface area contributed by atoms with Crippen LogP contribution in [0, 0.1) is 35.5 Å². The van der Waals surface area contributed by atoms with E-state index in [0.717, 1.165) is 31.1 Å². The van der Waals surface area contributed by atoms with Gasteiger partial charge in [0.1, 0.15) is 72.3 Å². The van der Waals surface area contributed by atoms with E-state index < -0.39 is 161 Å². The zero-order valence-corrected chi connectivity index (χ0v) is 63.5. The van der Waals surface area contributed by atoms with Crippen molar-refractivity contribution in [1.82, 2.24) is 60.6 Å². The van der Waals surface area contributed by atoms with Gasteiger partial charge in [-0.3, -0.25) is 62.5 Å². The molecule has 4 N–H and O–H groups in total. The number of carbonyl (C=O) groups is 11. The molecular formula is C72H122N12O15. The van der Waals surface area contributed by atoms with Crippen LogP contribution in [0.3, 0.4) is 0 Å². The number of fused-ring (bicyclic) bond motifs is 1. The maximum Gasteiger partial charge on any atom is 0.270 e. The average Bonchev–Trinajstić information content (AvgIpc) is 0.754. The second kappa shape index (κ2) is 39.3. The summed E-state index contributed by atoms with van der Waals surface area (Å²) in [6.07, 6.45) is 0.310. The molecule has 0 aliphatic carbocycles. The molecule has 0 bridgehead atoms. The number of morpholine rings is 1. The van der Waals surface area contributed by atoms with Gasteiger partial charge in [0.15, 0.2) is 6.04 Å². The van der Waals surface area contributed by atoms with Crippen molar-refractivity contribution in [3.05, 3.63) is 30.3 Å². The smallest absolute Gasteiger partial charge is 0.270 e. The summed E-state index contributed by atoms with van der Waals surface area (Å²) in [6, 6.07) is -4.61. The fourth-order valence-electron chi connectivity index (χ4n) is 13.0. The molecule has 3 heterocycles. The zero-order valence-electron chi connectivity index (χ0n) is 63.5. The number of amides is 11. The lowest BCUT2D eigenvalue weighted by molar-refractivity contribution is -0.322. The number of benzene rings is 1. The van der Waals surface area contributed by atoms with Crippen LogP contribution in [-0.2, 0) is 67.1 Å². The fourth-order valence-corrected chi connectivity index (χ4v) is 13.0. The maximum absolute atomic E-state index is 15.3. The monoisotopic (exact) mass is 1390 g/mol. The highest BCUT2D eigenvalue weighted by atomic mass is 16.7.